The molecule has 2 atom stereocenters. The highest BCUT2D eigenvalue weighted by Gasteiger charge is 2.20. The summed E-state index contributed by atoms with van der Waals surface area (Å²) in [6.45, 7) is 4.96. The second kappa shape index (κ2) is 68.8. The maximum atomic E-state index is 12.5. The first-order valence-corrected chi connectivity index (χ1v) is 36.1. The smallest absolute Gasteiger partial charge is 0.305 e. The number of rotatable bonds is 68. The van der Waals surface area contributed by atoms with Crippen LogP contribution in [0, 0.1) is 0 Å². The number of nitrogens with one attached hydrogen (secondary N) is 1. The zero-order valence-electron chi connectivity index (χ0n) is 53.6. The van der Waals surface area contributed by atoms with Gasteiger partial charge in [-0.05, 0) is 57.8 Å². The Morgan fingerprint density at radius 1 is 0.354 bits per heavy atom. The molecule has 0 spiro atoms. The summed E-state index contributed by atoms with van der Waals surface area (Å²) in [7, 11) is 0. The van der Waals surface area contributed by atoms with Crippen LogP contribution in [0.1, 0.15) is 406 Å². The number of carbonyl (C=O) groups is 2. The average Bonchev–Trinajstić information content (AvgIpc) is 3.45. The fraction of sp³-hybridized carbons (Fsp3) is 0.918. The molecule has 0 rings (SSSR count). The van der Waals surface area contributed by atoms with E-state index in [0.717, 1.165) is 51.4 Å². The van der Waals surface area contributed by atoms with E-state index >= 15 is 0 Å². The van der Waals surface area contributed by atoms with Crippen LogP contribution < -0.4 is 5.32 Å². The second-order valence-corrected chi connectivity index (χ2v) is 24.9. The van der Waals surface area contributed by atoms with Gasteiger partial charge in [-0.15, -0.1) is 0 Å². The summed E-state index contributed by atoms with van der Waals surface area (Å²) in [5.41, 5.74) is 0. The van der Waals surface area contributed by atoms with Crippen LogP contribution in [0.5, 0.6) is 0 Å². The molecule has 1 amide bonds. The number of aliphatic hydroxyl groups excluding tert-OH is 2. The van der Waals surface area contributed by atoms with E-state index in [1.807, 2.05) is 0 Å². The van der Waals surface area contributed by atoms with E-state index in [9.17, 15) is 19.8 Å². The standard InChI is InChI=1S/C73H141NO5/c1-3-5-7-9-11-13-15-17-18-19-37-40-43-47-51-55-59-63-67-73(78)79-68-64-60-56-52-48-44-41-38-35-33-31-29-27-25-23-21-20-22-24-26-28-30-32-34-36-39-42-46-50-54-58-62-66-72(77)74-70(69-75)71(76)65-61-57-53-49-45-16-14-12-10-8-6-4-2/h13,15,18-19,70-71,75-76H,3-12,14,16-17,20-69H2,1-2H3,(H,74,77)/b15-13-,19-18-. The predicted molar refractivity (Wildman–Crippen MR) is 347 cm³/mol. The average molecular weight is 1110 g/mol. The van der Waals surface area contributed by atoms with Crippen LogP contribution >= 0.6 is 0 Å². The maximum Gasteiger partial charge on any atom is 0.305 e. The predicted octanol–water partition coefficient (Wildman–Crippen LogP) is 23.3. The van der Waals surface area contributed by atoms with Crippen molar-refractivity contribution in [2.45, 2.75) is 418 Å². The summed E-state index contributed by atoms with van der Waals surface area (Å²) >= 11 is 0. The van der Waals surface area contributed by atoms with E-state index in [0.29, 0.717) is 25.9 Å². The Bertz CT molecular complexity index is 1230. The Morgan fingerprint density at radius 2 is 0.633 bits per heavy atom. The van der Waals surface area contributed by atoms with Gasteiger partial charge in [-0.3, -0.25) is 9.59 Å². The number of amides is 1. The van der Waals surface area contributed by atoms with E-state index in [4.69, 9.17) is 4.74 Å². The number of carbonyl (C=O) groups excluding carboxylic acids is 2. The molecule has 6 heteroatoms. The molecule has 0 aromatic heterocycles. The minimum Gasteiger partial charge on any atom is -0.466 e. The van der Waals surface area contributed by atoms with Crippen molar-refractivity contribution in [2.24, 2.45) is 0 Å². The van der Waals surface area contributed by atoms with Crippen molar-refractivity contribution in [3.8, 4) is 0 Å². The zero-order chi connectivity index (χ0) is 57.1. The minimum atomic E-state index is -0.659. The summed E-state index contributed by atoms with van der Waals surface area (Å²) in [5.74, 6) is -0.0143. The van der Waals surface area contributed by atoms with Gasteiger partial charge in [0.15, 0.2) is 0 Å². The van der Waals surface area contributed by atoms with Crippen molar-refractivity contribution < 1.29 is 24.5 Å². The molecule has 2 unspecified atom stereocenters. The van der Waals surface area contributed by atoms with E-state index in [2.05, 4.69) is 43.5 Å². The number of hydrogen-bond donors (Lipinski definition) is 3. The molecule has 79 heavy (non-hydrogen) atoms. The van der Waals surface area contributed by atoms with Crippen LogP contribution in [-0.4, -0.2) is 47.4 Å². The Kier molecular flexibility index (Phi) is 67.4. The lowest BCUT2D eigenvalue weighted by molar-refractivity contribution is -0.143. The Balaban J connectivity index is 3.30. The number of esters is 1. The Labute approximate surface area is 494 Å². The molecule has 0 aromatic rings. The lowest BCUT2D eigenvalue weighted by Crippen LogP contribution is -2.45. The van der Waals surface area contributed by atoms with Gasteiger partial charge < -0.3 is 20.3 Å². The molecule has 0 aliphatic carbocycles. The first-order chi connectivity index (χ1) is 39.0. The molecule has 0 saturated heterocycles. The van der Waals surface area contributed by atoms with Gasteiger partial charge in [-0.2, -0.15) is 0 Å². The summed E-state index contributed by atoms with van der Waals surface area (Å²) < 4.78 is 5.51. The third-order valence-corrected chi connectivity index (χ3v) is 17.0. The highest BCUT2D eigenvalue weighted by atomic mass is 16.5. The SMILES string of the molecule is CCCCCC/C=C\C/C=C\CCCCCCCCCC(=O)OCCCCCCCCCCCCCCCCCCCCCCCCCCCCCCCCCCC(=O)NC(CO)C(O)CCCCCCCCCCCCCC. The highest BCUT2D eigenvalue weighted by molar-refractivity contribution is 5.76. The van der Waals surface area contributed by atoms with Crippen molar-refractivity contribution in [3.63, 3.8) is 0 Å². The molecular weight excluding hydrogens is 971 g/mol. The quantitative estimate of drug-likeness (QED) is 0.0320. The molecule has 0 aromatic carbocycles. The van der Waals surface area contributed by atoms with Crippen molar-refractivity contribution in [1.82, 2.24) is 5.32 Å². The molecule has 6 nitrogen and oxygen atoms in total. The number of aliphatic hydroxyl groups is 2. The lowest BCUT2D eigenvalue weighted by Gasteiger charge is -2.22. The minimum absolute atomic E-state index is 0.0145. The summed E-state index contributed by atoms with van der Waals surface area (Å²) in [5, 5.41) is 23.3. The molecule has 0 fully saturated rings. The van der Waals surface area contributed by atoms with Crippen LogP contribution in [0.15, 0.2) is 24.3 Å². The fourth-order valence-electron chi connectivity index (χ4n) is 11.5. The zero-order valence-corrected chi connectivity index (χ0v) is 53.6. The normalized spacial score (nSPS) is 12.6. The van der Waals surface area contributed by atoms with E-state index in [1.165, 1.54) is 321 Å². The van der Waals surface area contributed by atoms with E-state index < -0.39 is 12.1 Å². The van der Waals surface area contributed by atoms with Gasteiger partial charge in [0.25, 0.3) is 0 Å². The van der Waals surface area contributed by atoms with Crippen molar-refractivity contribution in [3.05, 3.63) is 24.3 Å². The van der Waals surface area contributed by atoms with Crippen molar-refractivity contribution in [2.75, 3.05) is 13.2 Å². The van der Waals surface area contributed by atoms with Gasteiger partial charge in [-0.25, -0.2) is 0 Å². The monoisotopic (exact) mass is 1110 g/mol. The second-order valence-electron chi connectivity index (χ2n) is 24.9. The van der Waals surface area contributed by atoms with Gasteiger partial charge in [0, 0.05) is 12.8 Å². The molecule has 0 aliphatic rings. The lowest BCUT2D eigenvalue weighted by atomic mass is 10.0. The van der Waals surface area contributed by atoms with Crippen LogP contribution in [0.2, 0.25) is 0 Å². The van der Waals surface area contributed by atoms with Gasteiger partial charge in [0.2, 0.25) is 5.91 Å². The summed E-state index contributed by atoms with van der Waals surface area (Å²) in [6, 6.07) is -0.536. The van der Waals surface area contributed by atoms with Crippen LogP contribution in [0.3, 0.4) is 0 Å². The molecule has 3 N–H and O–H groups in total. The third kappa shape index (κ3) is 65.4. The molecule has 0 heterocycles. The van der Waals surface area contributed by atoms with E-state index in [-0.39, 0.29) is 18.5 Å². The largest absolute Gasteiger partial charge is 0.466 e. The first kappa shape index (κ1) is 77.3. The third-order valence-electron chi connectivity index (χ3n) is 17.0. The van der Waals surface area contributed by atoms with Crippen molar-refractivity contribution in [1.29, 1.82) is 0 Å². The van der Waals surface area contributed by atoms with Gasteiger partial charge in [0.1, 0.15) is 0 Å². The van der Waals surface area contributed by atoms with Gasteiger partial charge >= 0.3 is 5.97 Å². The first-order valence-electron chi connectivity index (χ1n) is 36.1. The molecule has 0 bridgehead atoms. The number of ether oxygens (including phenoxy) is 1. The Morgan fingerprint density at radius 3 is 0.975 bits per heavy atom. The highest BCUT2D eigenvalue weighted by Crippen LogP contribution is 2.19. The fourth-order valence-corrected chi connectivity index (χ4v) is 11.5. The molecule has 468 valence electrons. The summed E-state index contributed by atoms with van der Waals surface area (Å²) in [6.07, 6.45) is 86.7. The van der Waals surface area contributed by atoms with E-state index in [1.54, 1.807) is 0 Å². The number of hydrogen-bond acceptors (Lipinski definition) is 5. The topological polar surface area (TPSA) is 95.9 Å². The van der Waals surface area contributed by atoms with Crippen LogP contribution in [-0.2, 0) is 14.3 Å². The van der Waals surface area contributed by atoms with Crippen LogP contribution in [0.4, 0.5) is 0 Å². The van der Waals surface area contributed by atoms with Gasteiger partial charge in [-0.1, -0.05) is 359 Å². The Hall–Kier alpha value is -1.66. The number of unbranched alkanes of at least 4 members (excludes halogenated alkanes) is 53. The molecule has 0 aliphatic heterocycles. The molecule has 0 saturated carbocycles. The van der Waals surface area contributed by atoms with Crippen molar-refractivity contribution >= 4 is 11.9 Å². The number of allylic oxidation sites excluding steroid dienone is 4. The summed E-state index contributed by atoms with van der Waals surface area (Å²) in [4.78, 5) is 24.6. The van der Waals surface area contributed by atoms with Gasteiger partial charge in [0.05, 0.1) is 25.4 Å². The molecular formula is C73H141NO5. The van der Waals surface area contributed by atoms with Crippen LogP contribution in [0.25, 0.3) is 0 Å². The maximum absolute atomic E-state index is 12.5. The molecule has 0 radical (unpaired) electrons.